The van der Waals surface area contributed by atoms with Crippen LogP contribution >= 0.6 is 0 Å². The van der Waals surface area contributed by atoms with E-state index in [-0.39, 0.29) is 30.2 Å². The van der Waals surface area contributed by atoms with Gasteiger partial charge in [-0.05, 0) is 19.8 Å². The van der Waals surface area contributed by atoms with Crippen molar-refractivity contribution in [1.82, 2.24) is 4.90 Å². The molecule has 1 fully saturated rings. The van der Waals surface area contributed by atoms with Crippen molar-refractivity contribution in [3.8, 4) is 0 Å². The molecule has 0 bridgehead atoms. The fraction of sp³-hybridized carbons (Fsp3) is 0.615. The standard InChI is InChI=1S/C13H17NO4/c1-8(18-9(2)15)7-14-12(16)10-5-3-4-6-11(10)13(14)17/h3-4,8,10-11H,5-7H2,1-2H3/t8-,10-,11+/m0/s1. The van der Waals surface area contributed by atoms with E-state index < -0.39 is 12.1 Å². The lowest BCUT2D eigenvalue weighted by molar-refractivity contribution is -0.151. The molecule has 0 unspecified atom stereocenters. The summed E-state index contributed by atoms with van der Waals surface area (Å²) in [4.78, 5) is 36.3. The summed E-state index contributed by atoms with van der Waals surface area (Å²) in [6.07, 6.45) is 4.71. The average molecular weight is 251 g/mol. The van der Waals surface area contributed by atoms with Gasteiger partial charge >= 0.3 is 5.97 Å². The summed E-state index contributed by atoms with van der Waals surface area (Å²) >= 11 is 0. The number of nitrogens with zero attached hydrogens (tertiary/aromatic N) is 1. The van der Waals surface area contributed by atoms with Crippen molar-refractivity contribution in [2.45, 2.75) is 32.8 Å². The predicted molar refractivity (Wildman–Crippen MR) is 63.3 cm³/mol. The topological polar surface area (TPSA) is 63.7 Å². The van der Waals surface area contributed by atoms with Gasteiger partial charge in [-0.2, -0.15) is 0 Å². The maximum Gasteiger partial charge on any atom is 0.302 e. The minimum atomic E-state index is -0.455. The van der Waals surface area contributed by atoms with Gasteiger partial charge in [0.25, 0.3) is 0 Å². The Morgan fingerprint density at radius 2 is 1.83 bits per heavy atom. The molecule has 0 radical (unpaired) electrons. The smallest absolute Gasteiger partial charge is 0.302 e. The summed E-state index contributed by atoms with van der Waals surface area (Å²) < 4.78 is 4.96. The molecule has 2 rings (SSSR count). The van der Waals surface area contributed by atoms with Gasteiger partial charge in [0.2, 0.25) is 11.8 Å². The zero-order valence-corrected chi connectivity index (χ0v) is 10.6. The SMILES string of the molecule is CC(=O)O[C@@H](C)CN1C(=O)[C@H]2CC=CC[C@H]2C1=O. The molecule has 0 aromatic rings. The van der Waals surface area contributed by atoms with Crippen molar-refractivity contribution in [3.05, 3.63) is 12.2 Å². The number of carbonyl (C=O) groups excluding carboxylic acids is 3. The summed E-state index contributed by atoms with van der Waals surface area (Å²) in [5.74, 6) is -1.10. The number of likely N-dealkylation sites (tertiary alicyclic amines) is 1. The molecular formula is C13H17NO4. The number of esters is 1. The Bertz CT molecular complexity index is 389. The van der Waals surface area contributed by atoms with Gasteiger partial charge < -0.3 is 4.74 Å². The van der Waals surface area contributed by atoms with Crippen LogP contribution < -0.4 is 0 Å². The van der Waals surface area contributed by atoms with E-state index >= 15 is 0 Å². The number of ether oxygens (including phenoxy) is 1. The molecule has 0 aromatic carbocycles. The first-order valence-electron chi connectivity index (χ1n) is 6.18. The normalized spacial score (nSPS) is 28.2. The highest BCUT2D eigenvalue weighted by Gasteiger charge is 2.47. The number of amides is 2. The van der Waals surface area contributed by atoms with Crippen molar-refractivity contribution >= 4 is 17.8 Å². The fourth-order valence-electron chi connectivity index (χ4n) is 2.63. The Morgan fingerprint density at radius 3 is 2.28 bits per heavy atom. The quantitative estimate of drug-likeness (QED) is 0.424. The van der Waals surface area contributed by atoms with E-state index in [9.17, 15) is 14.4 Å². The van der Waals surface area contributed by atoms with Crippen LogP contribution in [-0.4, -0.2) is 35.3 Å². The average Bonchev–Trinajstić information content (AvgIpc) is 2.54. The van der Waals surface area contributed by atoms with Gasteiger partial charge in [0, 0.05) is 6.92 Å². The monoisotopic (exact) mass is 251 g/mol. The predicted octanol–water partition coefficient (Wildman–Crippen LogP) is 0.889. The molecule has 1 aliphatic heterocycles. The number of hydrogen-bond acceptors (Lipinski definition) is 4. The van der Waals surface area contributed by atoms with Crippen LogP contribution in [0.3, 0.4) is 0 Å². The Balaban J connectivity index is 2.04. The zero-order valence-electron chi connectivity index (χ0n) is 10.6. The third-order valence-electron chi connectivity index (χ3n) is 3.41. The number of fused-ring (bicyclic) bond motifs is 1. The molecular weight excluding hydrogens is 234 g/mol. The van der Waals surface area contributed by atoms with Crippen LogP contribution in [0.5, 0.6) is 0 Å². The van der Waals surface area contributed by atoms with Gasteiger partial charge in [-0.1, -0.05) is 12.2 Å². The molecule has 0 saturated carbocycles. The highest BCUT2D eigenvalue weighted by molar-refractivity contribution is 6.05. The van der Waals surface area contributed by atoms with Crippen LogP contribution in [-0.2, 0) is 19.1 Å². The van der Waals surface area contributed by atoms with Gasteiger partial charge in [0.05, 0.1) is 18.4 Å². The summed E-state index contributed by atoms with van der Waals surface area (Å²) in [5, 5.41) is 0. The first-order valence-corrected chi connectivity index (χ1v) is 6.18. The second-order valence-corrected chi connectivity index (χ2v) is 4.86. The van der Waals surface area contributed by atoms with Crippen molar-refractivity contribution in [1.29, 1.82) is 0 Å². The second kappa shape index (κ2) is 4.92. The zero-order chi connectivity index (χ0) is 13.3. The van der Waals surface area contributed by atoms with Gasteiger partial charge in [-0.3, -0.25) is 19.3 Å². The van der Waals surface area contributed by atoms with E-state index in [2.05, 4.69) is 0 Å². The number of carbonyl (C=O) groups is 3. The Labute approximate surface area is 106 Å². The van der Waals surface area contributed by atoms with Crippen LogP contribution in [0, 0.1) is 11.8 Å². The van der Waals surface area contributed by atoms with Crippen molar-refractivity contribution in [2.75, 3.05) is 6.54 Å². The summed E-state index contributed by atoms with van der Waals surface area (Å²) in [6.45, 7) is 3.15. The summed E-state index contributed by atoms with van der Waals surface area (Å²) in [5.41, 5.74) is 0. The highest BCUT2D eigenvalue weighted by atomic mass is 16.5. The number of imide groups is 1. The molecule has 2 aliphatic rings. The minimum absolute atomic E-state index is 0.131. The van der Waals surface area contributed by atoms with Crippen molar-refractivity contribution < 1.29 is 19.1 Å². The third-order valence-corrected chi connectivity index (χ3v) is 3.41. The summed E-state index contributed by atoms with van der Waals surface area (Å²) in [6, 6.07) is 0. The number of hydrogen-bond donors (Lipinski definition) is 0. The molecule has 2 amide bonds. The van der Waals surface area contributed by atoms with Crippen LogP contribution in [0.4, 0.5) is 0 Å². The van der Waals surface area contributed by atoms with Crippen LogP contribution in [0.2, 0.25) is 0 Å². The number of rotatable bonds is 3. The largest absolute Gasteiger partial charge is 0.461 e. The van der Waals surface area contributed by atoms with E-state index in [4.69, 9.17) is 4.74 Å². The fourth-order valence-corrected chi connectivity index (χ4v) is 2.63. The maximum absolute atomic E-state index is 12.1. The molecule has 0 aromatic heterocycles. The summed E-state index contributed by atoms with van der Waals surface area (Å²) in [7, 11) is 0. The van der Waals surface area contributed by atoms with Crippen LogP contribution in [0.15, 0.2) is 12.2 Å². The Hall–Kier alpha value is -1.65. The van der Waals surface area contributed by atoms with E-state index in [0.717, 1.165) is 0 Å². The molecule has 3 atom stereocenters. The highest BCUT2D eigenvalue weighted by Crippen LogP contribution is 2.35. The molecule has 5 heteroatoms. The first kappa shape index (κ1) is 12.8. The van der Waals surface area contributed by atoms with E-state index in [1.165, 1.54) is 11.8 Å². The Morgan fingerprint density at radius 1 is 1.33 bits per heavy atom. The van der Waals surface area contributed by atoms with E-state index in [0.29, 0.717) is 12.8 Å². The van der Waals surface area contributed by atoms with Gasteiger partial charge in [0.1, 0.15) is 6.10 Å². The molecule has 1 heterocycles. The Kier molecular flexibility index (Phi) is 3.50. The second-order valence-electron chi connectivity index (χ2n) is 4.86. The lowest BCUT2D eigenvalue weighted by Crippen LogP contribution is -2.38. The third kappa shape index (κ3) is 2.30. The first-order chi connectivity index (χ1) is 8.50. The molecule has 1 saturated heterocycles. The minimum Gasteiger partial charge on any atom is -0.461 e. The van der Waals surface area contributed by atoms with Gasteiger partial charge in [0.15, 0.2) is 0 Å². The van der Waals surface area contributed by atoms with Crippen LogP contribution in [0.1, 0.15) is 26.7 Å². The van der Waals surface area contributed by atoms with Gasteiger partial charge in [-0.15, -0.1) is 0 Å². The van der Waals surface area contributed by atoms with Crippen molar-refractivity contribution in [2.24, 2.45) is 11.8 Å². The van der Waals surface area contributed by atoms with Crippen molar-refractivity contribution in [3.63, 3.8) is 0 Å². The molecule has 98 valence electrons. The van der Waals surface area contributed by atoms with Gasteiger partial charge in [-0.25, -0.2) is 0 Å². The van der Waals surface area contributed by atoms with E-state index in [1.807, 2.05) is 12.2 Å². The lowest BCUT2D eigenvalue weighted by Gasteiger charge is -2.19. The molecule has 0 N–H and O–H groups in total. The molecule has 5 nitrogen and oxygen atoms in total. The molecule has 1 aliphatic carbocycles. The number of allylic oxidation sites excluding steroid dienone is 2. The maximum atomic E-state index is 12.1. The van der Waals surface area contributed by atoms with E-state index in [1.54, 1.807) is 6.92 Å². The molecule has 0 spiro atoms. The van der Waals surface area contributed by atoms with Crippen LogP contribution in [0.25, 0.3) is 0 Å². The lowest BCUT2D eigenvalue weighted by atomic mass is 9.85. The molecule has 18 heavy (non-hydrogen) atoms.